The molecule has 1 aromatic rings. The number of nitrogens with zero attached hydrogens (tertiary/aromatic N) is 2. The van der Waals surface area contributed by atoms with Crippen molar-refractivity contribution < 1.29 is 13.7 Å². The quantitative estimate of drug-likeness (QED) is 0.846. The zero-order valence-electron chi connectivity index (χ0n) is 14.2. The molecule has 1 aromatic heterocycles. The van der Waals surface area contributed by atoms with Crippen LogP contribution in [0.1, 0.15) is 45.6 Å². The zero-order valence-corrected chi connectivity index (χ0v) is 15.0. The molecule has 2 rings (SSSR count). The summed E-state index contributed by atoms with van der Waals surface area (Å²) in [6.45, 7) is 6.28. The van der Waals surface area contributed by atoms with E-state index in [0.717, 1.165) is 24.8 Å². The molecule has 128 valence electrons. The molecule has 1 amide bonds. The van der Waals surface area contributed by atoms with E-state index in [9.17, 15) is 9.00 Å². The van der Waals surface area contributed by atoms with Gasteiger partial charge in [-0.15, -0.1) is 0 Å². The average molecular weight is 338 g/mol. The molecule has 0 radical (unpaired) electrons. The van der Waals surface area contributed by atoms with E-state index in [1.54, 1.807) is 17.3 Å². The highest BCUT2D eigenvalue weighted by Crippen LogP contribution is 2.21. The Morgan fingerprint density at radius 2 is 2.22 bits per heavy atom. The lowest BCUT2D eigenvalue weighted by atomic mass is 10.0. The van der Waals surface area contributed by atoms with Gasteiger partial charge in [-0.05, 0) is 51.7 Å². The summed E-state index contributed by atoms with van der Waals surface area (Å²) in [5.41, 5.74) is 0.457. The van der Waals surface area contributed by atoms with Crippen molar-refractivity contribution in [2.75, 3.05) is 12.3 Å². The summed E-state index contributed by atoms with van der Waals surface area (Å²) in [4.78, 5) is 18.2. The second kappa shape index (κ2) is 7.90. The molecule has 0 spiro atoms. The van der Waals surface area contributed by atoms with E-state index in [0.29, 0.717) is 18.1 Å². The molecule has 0 N–H and O–H groups in total. The van der Waals surface area contributed by atoms with Crippen LogP contribution in [0.2, 0.25) is 0 Å². The minimum atomic E-state index is -1.02. The first-order chi connectivity index (χ1) is 10.8. The lowest BCUT2D eigenvalue weighted by Crippen LogP contribution is -2.48. The first-order valence-electron chi connectivity index (χ1n) is 8.08. The normalized spacial score (nSPS) is 20.1. The summed E-state index contributed by atoms with van der Waals surface area (Å²) in [6.07, 6.45) is 6.08. The highest BCUT2D eigenvalue weighted by atomic mass is 32.2. The Labute approximate surface area is 140 Å². The lowest BCUT2D eigenvalue weighted by molar-refractivity contribution is 0.0125. The molecule has 5 nitrogen and oxygen atoms in total. The third-order valence-corrected chi connectivity index (χ3v) is 5.10. The second-order valence-electron chi connectivity index (χ2n) is 6.94. The summed E-state index contributed by atoms with van der Waals surface area (Å²) in [5.74, 6) is 0.973. The average Bonchev–Trinajstić information content (AvgIpc) is 2.47. The topological polar surface area (TPSA) is 59.5 Å². The van der Waals surface area contributed by atoms with Crippen molar-refractivity contribution in [1.29, 1.82) is 0 Å². The van der Waals surface area contributed by atoms with Crippen LogP contribution in [0.4, 0.5) is 4.79 Å². The molecule has 0 unspecified atom stereocenters. The van der Waals surface area contributed by atoms with Gasteiger partial charge < -0.3 is 9.64 Å². The van der Waals surface area contributed by atoms with Crippen LogP contribution in [0.15, 0.2) is 24.5 Å². The smallest absolute Gasteiger partial charge is 0.410 e. The Balaban J connectivity index is 1.95. The van der Waals surface area contributed by atoms with Gasteiger partial charge in [-0.25, -0.2) is 4.79 Å². The molecule has 23 heavy (non-hydrogen) atoms. The van der Waals surface area contributed by atoms with Crippen LogP contribution >= 0.6 is 0 Å². The Morgan fingerprint density at radius 3 is 2.87 bits per heavy atom. The maximum absolute atomic E-state index is 12.4. The van der Waals surface area contributed by atoms with E-state index in [1.807, 2.05) is 32.9 Å². The van der Waals surface area contributed by atoms with Gasteiger partial charge >= 0.3 is 6.09 Å². The van der Waals surface area contributed by atoms with Gasteiger partial charge in [0.05, 0.1) is 5.75 Å². The summed E-state index contributed by atoms with van der Waals surface area (Å²) < 4.78 is 17.9. The summed E-state index contributed by atoms with van der Waals surface area (Å²) in [6, 6.07) is 3.77. The number of hydrogen-bond donors (Lipinski definition) is 0. The molecule has 0 aliphatic carbocycles. The number of carbonyl (C=O) groups excluding carboxylic acids is 1. The van der Waals surface area contributed by atoms with Crippen molar-refractivity contribution >= 4 is 16.9 Å². The van der Waals surface area contributed by atoms with Crippen LogP contribution in [-0.4, -0.2) is 44.1 Å². The fraction of sp³-hybridized carbons (Fsp3) is 0.647. The van der Waals surface area contributed by atoms with Crippen molar-refractivity contribution in [2.45, 2.75) is 57.4 Å². The zero-order chi connectivity index (χ0) is 16.9. The number of likely N-dealkylation sites (tertiary alicyclic amines) is 1. The molecular formula is C17H26N2O3S. The number of rotatable bonds is 4. The molecule has 2 atom stereocenters. The van der Waals surface area contributed by atoms with Gasteiger partial charge in [-0.3, -0.25) is 9.19 Å². The number of ether oxygens (including phenoxy) is 1. The van der Waals surface area contributed by atoms with Gasteiger partial charge in [-0.2, -0.15) is 0 Å². The first-order valence-corrected chi connectivity index (χ1v) is 9.57. The lowest BCUT2D eigenvalue weighted by Gasteiger charge is -2.36. The predicted octanol–water partition coefficient (Wildman–Crippen LogP) is 3.12. The largest absolute Gasteiger partial charge is 0.444 e. The molecule has 0 saturated carbocycles. The maximum Gasteiger partial charge on any atom is 0.410 e. The van der Waals surface area contributed by atoms with Gasteiger partial charge in [0.1, 0.15) is 5.60 Å². The SMILES string of the molecule is CC(C)(C)OC(=O)N1CCCC[C@H]1C[S@@](=O)Cc1cccnc1. The van der Waals surface area contributed by atoms with E-state index in [1.165, 1.54) is 0 Å². The van der Waals surface area contributed by atoms with Gasteiger partial charge in [0.15, 0.2) is 0 Å². The molecule has 0 aromatic carbocycles. The van der Waals surface area contributed by atoms with Gasteiger partial charge in [0, 0.05) is 41.5 Å². The van der Waals surface area contributed by atoms with Gasteiger partial charge in [0.25, 0.3) is 0 Å². The van der Waals surface area contributed by atoms with Crippen LogP contribution in [-0.2, 0) is 21.3 Å². The van der Waals surface area contributed by atoms with Crippen LogP contribution in [0.5, 0.6) is 0 Å². The van der Waals surface area contributed by atoms with Crippen LogP contribution in [0, 0.1) is 0 Å². The second-order valence-corrected chi connectivity index (χ2v) is 8.44. The minimum Gasteiger partial charge on any atom is -0.444 e. The first kappa shape index (κ1) is 17.9. The van der Waals surface area contributed by atoms with Crippen molar-refractivity contribution in [3.8, 4) is 0 Å². The number of aromatic nitrogens is 1. The Hall–Kier alpha value is -1.43. The minimum absolute atomic E-state index is 0.00361. The van der Waals surface area contributed by atoms with E-state index in [4.69, 9.17) is 4.74 Å². The number of amides is 1. The molecule has 6 heteroatoms. The van der Waals surface area contributed by atoms with E-state index in [2.05, 4.69) is 4.98 Å². The Bertz CT molecular complexity index is 543. The Morgan fingerprint density at radius 1 is 1.43 bits per heavy atom. The highest BCUT2D eigenvalue weighted by molar-refractivity contribution is 7.84. The molecule has 1 saturated heterocycles. The number of pyridine rings is 1. The standard InChI is InChI=1S/C17H26N2O3S/c1-17(2,3)22-16(20)19-10-5-4-8-15(19)13-23(21)12-14-7-6-9-18-11-14/h6-7,9,11,15H,4-5,8,10,12-13H2,1-3H3/t15-,23-/m0/s1. The number of hydrogen-bond acceptors (Lipinski definition) is 4. The molecule has 2 heterocycles. The van der Waals surface area contributed by atoms with Gasteiger partial charge in [-0.1, -0.05) is 6.07 Å². The third-order valence-electron chi connectivity index (χ3n) is 3.68. The van der Waals surface area contributed by atoms with Crippen molar-refractivity contribution in [2.24, 2.45) is 0 Å². The van der Waals surface area contributed by atoms with E-state index < -0.39 is 16.4 Å². The Kier molecular flexibility index (Phi) is 6.16. The van der Waals surface area contributed by atoms with Gasteiger partial charge in [0.2, 0.25) is 0 Å². The highest BCUT2D eigenvalue weighted by Gasteiger charge is 2.31. The van der Waals surface area contributed by atoms with Crippen LogP contribution < -0.4 is 0 Å². The number of carbonyl (C=O) groups is 1. The van der Waals surface area contributed by atoms with Crippen molar-refractivity contribution in [1.82, 2.24) is 9.88 Å². The third kappa shape index (κ3) is 5.94. The summed E-state index contributed by atoms with van der Waals surface area (Å²) >= 11 is 0. The van der Waals surface area contributed by atoms with Crippen LogP contribution in [0.3, 0.4) is 0 Å². The van der Waals surface area contributed by atoms with Crippen molar-refractivity contribution in [3.63, 3.8) is 0 Å². The summed E-state index contributed by atoms with van der Waals surface area (Å²) in [5, 5.41) is 0. The fourth-order valence-corrected chi connectivity index (χ4v) is 4.11. The molecule has 1 fully saturated rings. The van der Waals surface area contributed by atoms with Crippen LogP contribution in [0.25, 0.3) is 0 Å². The molecular weight excluding hydrogens is 312 g/mol. The molecule has 0 bridgehead atoms. The monoisotopic (exact) mass is 338 g/mol. The number of piperidine rings is 1. The fourth-order valence-electron chi connectivity index (χ4n) is 2.68. The van der Waals surface area contributed by atoms with E-state index in [-0.39, 0.29) is 12.1 Å². The predicted molar refractivity (Wildman–Crippen MR) is 91.5 cm³/mol. The molecule has 1 aliphatic heterocycles. The summed E-state index contributed by atoms with van der Waals surface area (Å²) in [7, 11) is -1.02. The molecule has 1 aliphatic rings. The van der Waals surface area contributed by atoms with E-state index >= 15 is 0 Å². The maximum atomic E-state index is 12.4. The van der Waals surface area contributed by atoms with Crippen molar-refractivity contribution in [3.05, 3.63) is 30.1 Å².